The molecule has 4 rings (SSSR count). The van der Waals surface area contributed by atoms with E-state index < -0.39 is 34.6 Å². The van der Waals surface area contributed by atoms with E-state index in [1.165, 1.54) is 29.2 Å². The molecule has 1 heterocycles. The lowest BCUT2D eigenvalue weighted by Gasteiger charge is -2.29. The van der Waals surface area contributed by atoms with Gasteiger partial charge >= 0.3 is 6.18 Å². The van der Waals surface area contributed by atoms with Gasteiger partial charge in [-0.15, -0.1) is 12.6 Å². The maximum absolute atomic E-state index is 15.3. The van der Waals surface area contributed by atoms with E-state index in [9.17, 15) is 18.0 Å². The molecule has 1 unspecified atom stereocenters. The smallest absolute Gasteiger partial charge is 0.417 e. The topological polar surface area (TPSA) is 56.6 Å². The van der Waals surface area contributed by atoms with Crippen molar-refractivity contribution in [3.8, 4) is 22.9 Å². The van der Waals surface area contributed by atoms with Crippen molar-refractivity contribution in [3.05, 3.63) is 77.6 Å². The van der Waals surface area contributed by atoms with Crippen LogP contribution in [0.3, 0.4) is 0 Å². The van der Waals surface area contributed by atoms with Gasteiger partial charge in [-0.1, -0.05) is 12.1 Å². The highest BCUT2D eigenvalue weighted by Crippen LogP contribution is 2.40. The van der Waals surface area contributed by atoms with E-state index in [2.05, 4.69) is 12.6 Å². The number of anilines is 2. The molecule has 38 heavy (non-hydrogen) atoms. The third-order valence-electron chi connectivity index (χ3n) is 6.04. The number of rotatable bonds is 5. The number of carbonyl (C=O) groups is 1. The Bertz CT molecular complexity index is 1460. The van der Waals surface area contributed by atoms with Crippen molar-refractivity contribution in [2.45, 2.75) is 37.9 Å². The number of hydrogen-bond donors (Lipinski definition) is 1. The Kier molecular flexibility index (Phi) is 7.16. The molecule has 1 fully saturated rings. The molecule has 5 nitrogen and oxygen atoms in total. The fourth-order valence-electron chi connectivity index (χ4n) is 4.25. The molecule has 1 aliphatic heterocycles. The van der Waals surface area contributed by atoms with E-state index in [-0.39, 0.29) is 21.9 Å². The van der Waals surface area contributed by atoms with Gasteiger partial charge in [-0.2, -0.15) is 18.4 Å². The first kappa shape index (κ1) is 27.4. The summed E-state index contributed by atoms with van der Waals surface area (Å²) in [6.45, 7) is 4.86. The maximum atomic E-state index is 15.3. The number of ether oxygens (including phenoxy) is 1. The van der Waals surface area contributed by atoms with Crippen molar-refractivity contribution in [1.29, 1.82) is 5.26 Å². The number of thiocarbonyl (C=S) groups is 1. The second-order valence-electron chi connectivity index (χ2n) is 9.06. The van der Waals surface area contributed by atoms with Gasteiger partial charge in [0.1, 0.15) is 22.5 Å². The van der Waals surface area contributed by atoms with Crippen molar-refractivity contribution in [3.63, 3.8) is 0 Å². The molecule has 1 amide bonds. The summed E-state index contributed by atoms with van der Waals surface area (Å²) in [5.41, 5.74) is -2.40. The summed E-state index contributed by atoms with van der Waals surface area (Å²) in [6, 6.07) is 15.6. The lowest BCUT2D eigenvalue weighted by atomic mass is 10.0. The monoisotopic (exact) mass is 559 g/mol. The molecule has 0 saturated carbocycles. The molecule has 0 spiro atoms. The summed E-state index contributed by atoms with van der Waals surface area (Å²) >= 11 is 9.68. The summed E-state index contributed by atoms with van der Waals surface area (Å²) in [5, 5.41) is 8.97. The minimum absolute atomic E-state index is 0.118. The average molecular weight is 560 g/mol. The van der Waals surface area contributed by atoms with Crippen molar-refractivity contribution in [1.82, 2.24) is 0 Å². The highest BCUT2D eigenvalue weighted by molar-refractivity contribution is 7.81. The van der Waals surface area contributed by atoms with Crippen LogP contribution >= 0.6 is 24.8 Å². The van der Waals surface area contributed by atoms with Gasteiger partial charge < -0.3 is 9.64 Å². The zero-order valence-corrected chi connectivity index (χ0v) is 22.1. The van der Waals surface area contributed by atoms with Crippen LogP contribution in [0.5, 0.6) is 5.75 Å². The summed E-state index contributed by atoms with van der Waals surface area (Å²) in [7, 11) is 0. The maximum Gasteiger partial charge on any atom is 0.417 e. The molecule has 1 atom stereocenters. The molecule has 0 radical (unpaired) electrons. The van der Waals surface area contributed by atoms with E-state index in [1.807, 2.05) is 0 Å². The van der Waals surface area contributed by atoms with Gasteiger partial charge in [-0.3, -0.25) is 9.69 Å². The number of halogens is 4. The number of hydrogen-bond acceptors (Lipinski definition) is 5. The van der Waals surface area contributed by atoms with Crippen LogP contribution in [0.25, 0.3) is 11.1 Å². The zero-order chi connectivity index (χ0) is 28.0. The van der Waals surface area contributed by atoms with Crippen LogP contribution in [0.2, 0.25) is 0 Å². The first-order valence-electron chi connectivity index (χ1n) is 11.3. The lowest BCUT2D eigenvalue weighted by Crippen LogP contribution is -2.44. The van der Waals surface area contributed by atoms with Crippen LogP contribution < -0.4 is 14.5 Å². The molecule has 0 bridgehead atoms. The van der Waals surface area contributed by atoms with E-state index >= 15 is 4.39 Å². The first-order chi connectivity index (χ1) is 17.8. The Morgan fingerprint density at radius 1 is 1.05 bits per heavy atom. The summed E-state index contributed by atoms with van der Waals surface area (Å²) < 4.78 is 61.4. The molecule has 0 aromatic heterocycles. The van der Waals surface area contributed by atoms with Crippen LogP contribution in [0.4, 0.5) is 28.9 Å². The van der Waals surface area contributed by atoms with Crippen LogP contribution in [-0.2, 0) is 11.0 Å². The minimum atomic E-state index is -4.81. The second kappa shape index (κ2) is 9.93. The van der Waals surface area contributed by atoms with Gasteiger partial charge in [0.05, 0.1) is 22.9 Å². The number of carbonyl (C=O) groups excluding carboxylic acids is 1. The van der Waals surface area contributed by atoms with E-state index in [1.54, 1.807) is 51.1 Å². The highest BCUT2D eigenvalue weighted by Gasteiger charge is 2.50. The van der Waals surface area contributed by atoms with Gasteiger partial charge in [0, 0.05) is 11.3 Å². The normalized spacial score (nSPS) is 16.0. The van der Waals surface area contributed by atoms with Crippen molar-refractivity contribution in [2.75, 3.05) is 9.80 Å². The molecule has 1 aliphatic rings. The highest BCUT2D eigenvalue weighted by atomic mass is 32.1. The minimum Gasteiger partial charge on any atom is -0.480 e. The van der Waals surface area contributed by atoms with Gasteiger partial charge in [-0.25, -0.2) is 4.39 Å². The zero-order valence-electron chi connectivity index (χ0n) is 20.4. The van der Waals surface area contributed by atoms with Crippen molar-refractivity contribution >= 4 is 47.2 Å². The van der Waals surface area contributed by atoms with Gasteiger partial charge in [-0.05, 0) is 87.1 Å². The largest absolute Gasteiger partial charge is 0.480 e. The van der Waals surface area contributed by atoms with Gasteiger partial charge in [0.25, 0.3) is 5.91 Å². The molecule has 11 heteroatoms. The molecule has 0 N–H and O–H groups in total. The molecular weight excluding hydrogens is 538 g/mol. The Morgan fingerprint density at radius 3 is 2.24 bits per heavy atom. The Morgan fingerprint density at radius 2 is 1.68 bits per heavy atom. The number of benzene rings is 3. The number of nitriles is 1. The Labute approximate surface area is 227 Å². The van der Waals surface area contributed by atoms with Crippen molar-refractivity contribution < 1.29 is 27.1 Å². The molecular formula is C27H21F4N3O2S2. The van der Waals surface area contributed by atoms with Crippen LogP contribution in [0.1, 0.15) is 31.9 Å². The fraction of sp³-hybridized carbons (Fsp3) is 0.222. The van der Waals surface area contributed by atoms with Gasteiger partial charge in [0.15, 0.2) is 5.11 Å². The lowest BCUT2D eigenvalue weighted by molar-refractivity contribution is -0.137. The number of alkyl halides is 3. The van der Waals surface area contributed by atoms with Gasteiger partial charge in [0.2, 0.25) is 0 Å². The summed E-state index contributed by atoms with van der Waals surface area (Å²) in [5.74, 6) is -0.604. The van der Waals surface area contributed by atoms with E-state index in [4.69, 9.17) is 22.2 Å². The molecule has 0 aliphatic carbocycles. The summed E-state index contributed by atoms with van der Waals surface area (Å²) in [6.07, 6.45) is -4.81. The van der Waals surface area contributed by atoms with Crippen molar-refractivity contribution in [2.24, 2.45) is 0 Å². The number of thiol groups is 1. The predicted octanol–water partition coefficient (Wildman–Crippen LogP) is 6.95. The molecule has 1 saturated heterocycles. The fourth-order valence-corrected chi connectivity index (χ4v) is 4.89. The quantitative estimate of drug-likeness (QED) is 0.159. The average Bonchev–Trinajstić information content (AvgIpc) is 3.01. The molecule has 196 valence electrons. The molecule has 3 aromatic rings. The molecule has 3 aromatic carbocycles. The first-order valence-corrected chi connectivity index (χ1v) is 12.2. The second-order valence-corrected chi connectivity index (χ2v) is 10.2. The summed E-state index contributed by atoms with van der Waals surface area (Å²) in [4.78, 5) is 15.7. The van der Waals surface area contributed by atoms with Crippen LogP contribution in [0.15, 0.2) is 60.7 Å². The Hall–Kier alpha value is -3.62. The Balaban J connectivity index is 1.70. The number of nitrogens with zero attached hydrogens (tertiary/aromatic N) is 3. The standard InChI is InChI=1S/C27H21F4N3O2S2/c1-15(37)36-20-9-5-16(6-10-20)21-11-8-19(13-23(21)28)34-25(38)33(24(35)26(34,2)3)18-7-4-17(14-32)22(12-18)27(29,30)31/h4-13,15,37H,1-3H3. The van der Waals surface area contributed by atoms with E-state index in [0.29, 0.717) is 22.9 Å². The SMILES string of the molecule is CC(S)Oc1ccc(-c2ccc(N3C(=S)N(c4ccc(C#N)c(C(F)(F)F)c4)C(=O)C3(C)C)cc2F)cc1. The van der Waals surface area contributed by atoms with Crippen LogP contribution in [0, 0.1) is 17.1 Å². The third kappa shape index (κ3) is 4.93. The van der Waals surface area contributed by atoms with E-state index in [0.717, 1.165) is 11.0 Å². The third-order valence-corrected chi connectivity index (χ3v) is 6.51. The predicted molar refractivity (Wildman–Crippen MR) is 144 cm³/mol. The number of amides is 1. The van der Waals surface area contributed by atoms with Crippen LogP contribution in [-0.4, -0.2) is 22.0 Å².